The Morgan fingerprint density at radius 3 is 2.68 bits per heavy atom. The Hall–Kier alpha value is -1.31. The lowest BCUT2D eigenvalue weighted by molar-refractivity contribution is -0.144. The van der Waals surface area contributed by atoms with Crippen LogP contribution < -0.4 is 0 Å². The molecule has 104 valence electrons. The first-order chi connectivity index (χ1) is 9.20. The summed E-state index contributed by atoms with van der Waals surface area (Å²) in [6, 6.07) is 8.08. The van der Waals surface area contributed by atoms with Gasteiger partial charge in [0.05, 0.1) is 5.41 Å². The Bertz CT molecular complexity index is 439. The molecule has 19 heavy (non-hydrogen) atoms. The number of carbonyl (C=O) groups is 1. The van der Waals surface area contributed by atoms with Crippen molar-refractivity contribution < 1.29 is 9.90 Å². The van der Waals surface area contributed by atoms with Crippen LogP contribution in [0.3, 0.4) is 0 Å². The fourth-order valence-corrected chi connectivity index (χ4v) is 3.31. The third-order valence-electron chi connectivity index (χ3n) is 4.47. The highest BCUT2D eigenvalue weighted by Gasteiger charge is 2.44. The van der Waals surface area contributed by atoms with Crippen LogP contribution in [0.25, 0.3) is 0 Å². The highest BCUT2D eigenvalue weighted by Crippen LogP contribution is 2.43. The van der Waals surface area contributed by atoms with Gasteiger partial charge in [-0.25, -0.2) is 0 Å². The normalized spacial score (nSPS) is 21.3. The van der Waals surface area contributed by atoms with E-state index in [4.69, 9.17) is 0 Å². The summed E-state index contributed by atoms with van der Waals surface area (Å²) in [7, 11) is 0. The van der Waals surface area contributed by atoms with Gasteiger partial charge in [-0.15, -0.1) is 0 Å². The van der Waals surface area contributed by atoms with E-state index in [1.165, 1.54) is 24.8 Å². The van der Waals surface area contributed by atoms with Crippen LogP contribution in [0.1, 0.15) is 63.0 Å². The van der Waals surface area contributed by atoms with E-state index in [2.05, 4.69) is 13.0 Å². The highest BCUT2D eigenvalue weighted by atomic mass is 16.4. The number of hydrogen-bond donors (Lipinski definition) is 1. The van der Waals surface area contributed by atoms with Gasteiger partial charge in [-0.2, -0.15) is 0 Å². The van der Waals surface area contributed by atoms with Crippen LogP contribution in [0, 0.1) is 0 Å². The molecule has 0 bridgehead atoms. The molecule has 0 aromatic heterocycles. The largest absolute Gasteiger partial charge is 0.481 e. The maximum atomic E-state index is 11.8. The summed E-state index contributed by atoms with van der Waals surface area (Å²) in [6.07, 6.45) is 8.39. The molecule has 1 aliphatic rings. The molecular formula is C17H24O2. The monoisotopic (exact) mass is 260 g/mol. The van der Waals surface area contributed by atoms with Crippen LogP contribution in [-0.2, 0) is 16.6 Å². The number of unbranched alkanes of at least 4 members (excludes halogenated alkanes) is 4. The van der Waals surface area contributed by atoms with Gasteiger partial charge >= 0.3 is 5.97 Å². The van der Waals surface area contributed by atoms with Crippen LogP contribution in [0.5, 0.6) is 0 Å². The molecule has 0 spiro atoms. The molecule has 1 aromatic rings. The van der Waals surface area contributed by atoms with Crippen molar-refractivity contribution in [3.8, 4) is 0 Å². The van der Waals surface area contributed by atoms with E-state index in [9.17, 15) is 9.90 Å². The average Bonchev–Trinajstić information content (AvgIpc) is 2.79. The molecular weight excluding hydrogens is 236 g/mol. The Kier molecular flexibility index (Phi) is 4.62. The molecule has 1 N–H and O–H groups in total. The van der Waals surface area contributed by atoms with Gasteiger partial charge in [0.1, 0.15) is 0 Å². The average molecular weight is 260 g/mol. The number of benzene rings is 1. The van der Waals surface area contributed by atoms with Crippen molar-refractivity contribution in [1.29, 1.82) is 0 Å². The first kappa shape index (κ1) is 14.1. The molecule has 1 atom stereocenters. The number of aryl methyl sites for hydroxylation is 1. The van der Waals surface area contributed by atoms with E-state index < -0.39 is 11.4 Å². The zero-order valence-corrected chi connectivity index (χ0v) is 11.8. The number of hydrogen-bond acceptors (Lipinski definition) is 1. The molecule has 0 fully saturated rings. The Balaban J connectivity index is 2.06. The molecule has 1 unspecified atom stereocenters. The molecule has 1 aliphatic carbocycles. The summed E-state index contributed by atoms with van der Waals surface area (Å²) in [5.41, 5.74) is 1.69. The van der Waals surface area contributed by atoms with Crippen LogP contribution in [-0.4, -0.2) is 11.1 Å². The van der Waals surface area contributed by atoms with E-state index in [0.717, 1.165) is 37.7 Å². The van der Waals surface area contributed by atoms with E-state index in [1.807, 2.05) is 18.2 Å². The zero-order valence-electron chi connectivity index (χ0n) is 11.8. The number of carboxylic acid groups (broad SMARTS) is 1. The molecule has 0 amide bonds. The lowest BCUT2D eigenvalue weighted by Gasteiger charge is -2.25. The summed E-state index contributed by atoms with van der Waals surface area (Å²) in [6.45, 7) is 2.20. The number of fused-ring (bicyclic) bond motifs is 1. The van der Waals surface area contributed by atoms with Gasteiger partial charge < -0.3 is 5.11 Å². The van der Waals surface area contributed by atoms with Gasteiger partial charge in [0.25, 0.3) is 0 Å². The quantitative estimate of drug-likeness (QED) is 0.741. The molecule has 2 nitrogen and oxygen atoms in total. The van der Waals surface area contributed by atoms with Gasteiger partial charge in [-0.3, -0.25) is 4.79 Å². The molecule has 2 rings (SSSR count). The summed E-state index contributed by atoms with van der Waals surface area (Å²) in [5.74, 6) is -0.632. The van der Waals surface area contributed by atoms with E-state index in [0.29, 0.717) is 0 Å². The fraction of sp³-hybridized carbons (Fsp3) is 0.588. The molecule has 2 heteroatoms. The van der Waals surface area contributed by atoms with Crippen LogP contribution in [0.2, 0.25) is 0 Å². The minimum Gasteiger partial charge on any atom is -0.481 e. The summed E-state index contributed by atoms with van der Waals surface area (Å²) < 4.78 is 0. The third-order valence-corrected chi connectivity index (χ3v) is 4.47. The maximum Gasteiger partial charge on any atom is 0.314 e. The minimum atomic E-state index is -0.632. The third kappa shape index (κ3) is 2.83. The summed E-state index contributed by atoms with van der Waals surface area (Å²) >= 11 is 0. The summed E-state index contributed by atoms with van der Waals surface area (Å²) in [5, 5.41) is 9.71. The second kappa shape index (κ2) is 6.23. The molecule has 1 aromatic carbocycles. The van der Waals surface area contributed by atoms with E-state index in [1.54, 1.807) is 0 Å². The predicted molar refractivity (Wildman–Crippen MR) is 77.5 cm³/mol. The van der Waals surface area contributed by atoms with Crippen molar-refractivity contribution >= 4 is 5.97 Å². The predicted octanol–water partition coefficient (Wildman–Crippen LogP) is 4.32. The van der Waals surface area contributed by atoms with Crippen molar-refractivity contribution in [2.75, 3.05) is 0 Å². The van der Waals surface area contributed by atoms with E-state index in [-0.39, 0.29) is 0 Å². The van der Waals surface area contributed by atoms with Gasteiger partial charge in [0, 0.05) is 0 Å². The Morgan fingerprint density at radius 2 is 1.95 bits per heavy atom. The highest BCUT2D eigenvalue weighted by molar-refractivity contribution is 5.83. The molecule has 0 radical (unpaired) electrons. The number of carboxylic acids is 1. The standard InChI is InChI=1S/C17H24O2/c1-2-3-4-5-8-12-17(16(18)19)13-11-14-9-6-7-10-15(14)17/h6-7,9-10H,2-5,8,11-13H2,1H3,(H,18,19). The van der Waals surface area contributed by atoms with Crippen LogP contribution in [0.15, 0.2) is 24.3 Å². The second-order valence-corrected chi connectivity index (χ2v) is 5.71. The first-order valence-electron chi connectivity index (χ1n) is 7.52. The molecule has 0 aliphatic heterocycles. The Labute approximate surface area is 115 Å². The fourth-order valence-electron chi connectivity index (χ4n) is 3.31. The minimum absolute atomic E-state index is 0.608. The van der Waals surface area contributed by atoms with Crippen molar-refractivity contribution in [3.05, 3.63) is 35.4 Å². The SMILES string of the molecule is CCCCCCCC1(C(=O)O)CCc2ccccc21. The Morgan fingerprint density at radius 1 is 1.21 bits per heavy atom. The zero-order chi connectivity index (χ0) is 13.7. The first-order valence-corrected chi connectivity index (χ1v) is 7.52. The van der Waals surface area contributed by atoms with Crippen molar-refractivity contribution in [3.63, 3.8) is 0 Å². The van der Waals surface area contributed by atoms with E-state index >= 15 is 0 Å². The molecule has 0 saturated heterocycles. The topological polar surface area (TPSA) is 37.3 Å². The van der Waals surface area contributed by atoms with Gasteiger partial charge in [-0.05, 0) is 30.4 Å². The lowest BCUT2D eigenvalue weighted by Crippen LogP contribution is -2.33. The lowest BCUT2D eigenvalue weighted by atomic mass is 9.77. The van der Waals surface area contributed by atoms with Crippen molar-refractivity contribution in [2.24, 2.45) is 0 Å². The van der Waals surface area contributed by atoms with Gasteiger partial charge in [0.2, 0.25) is 0 Å². The number of rotatable bonds is 7. The maximum absolute atomic E-state index is 11.8. The number of aliphatic carboxylic acids is 1. The van der Waals surface area contributed by atoms with Gasteiger partial charge in [-0.1, -0.05) is 63.3 Å². The summed E-state index contributed by atoms with van der Waals surface area (Å²) in [4.78, 5) is 11.8. The smallest absolute Gasteiger partial charge is 0.314 e. The van der Waals surface area contributed by atoms with Crippen molar-refractivity contribution in [1.82, 2.24) is 0 Å². The molecule has 0 saturated carbocycles. The second-order valence-electron chi connectivity index (χ2n) is 5.71. The van der Waals surface area contributed by atoms with Gasteiger partial charge in [0.15, 0.2) is 0 Å². The van der Waals surface area contributed by atoms with Crippen molar-refractivity contribution in [2.45, 2.75) is 63.7 Å². The van der Waals surface area contributed by atoms with Crippen LogP contribution in [0.4, 0.5) is 0 Å². The molecule has 0 heterocycles. The van der Waals surface area contributed by atoms with Crippen LogP contribution >= 0.6 is 0 Å².